The topological polar surface area (TPSA) is 21.3 Å². The van der Waals surface area contributed by atoms with Crippen molar-refractivity contribution in [3.05, 3.63) is 54.1 Å². The minimum Gasteiger partial charge on any atom is -0.457 e. The molecule has 0 aliphatic heterocycles. The van der Waals surface area contributed by atoms with Crippen molar-refractivity contribution in [1.29, 1.82) is 0 Å². The van der Waals surface area contributed by atoms with E-state index in [-0.39, 0.29) is 5.75 Å². The van der Waals surface area contributed by atoms with Crippen molar-refractivity contribution in [3.63, 3.8) is 0 Å². The molecular weight excluding hydrogens is 255 g/mol. The van der Waals surface area contributed by atoms with Crippen molar-refractivity contribution in [2.45, 2.75) is 6.18 Å². The Balaban J connectivity index is 2.28. The molecule has 0 bridgehead atoms. The SMILES string of the molecule is CNc1ccc(Oc2ccccc2C(F)(F)F)cc1. The van der Waals surface area contributed by atoms with Gasteiger partial charge in [-0.2, -0.15) is 13.2 Å². The summed E-state index contributed by atoms with van der Waals surface area (Å²) in [5.74, 6) is 0.155. The van der Waals surface area contributed by atoms with Crippen LogP contribution in [0.25, 0.3) is 0 Å². The number of nitrogens with one attached hydrogen (secondary N) is 1. The molecule has 0 aliphatic carbocycles. The van der Waals surface area contributed by atoms with Crippen LogP contribution in [0.5, 0.6) is 11.5 Å². The van der Waals surface area contributed by atoms with Gasteiger partial charge in [-0.3, -0.25) is 0 Å². The molecule has 0 radical (unpaired) electrons. The number of rotatable bonds is 3. The minimum atomic E-state index is -4.43. The standard InChI is InChI=1S/C14H12F3NO/c1-18-10-6-8-11(9-7-10)19-13-5-3-2-4-12(13)14(15,16)17/h2-9,18H,1H3. The van der Waals surface area contributed by atoms with Crippen molar-refractivity contribution in [3.8, 4) is 11.5 Å². The molecule has 0 unspecified atom stereocenters. The smallest absolute Gasteiger partial charge is 0.419 e. The summed E-state index contributed by atoms with van der Waals surface area (Å²) in [4.78, 5) is 0. The first-order valence-corrected chi connectivity index (χ1v) is 5.62. The average molecular weight is 267 g/mol. The first-order valence-electron chi connectivity index (χ1n) is 5.62. The molecule has 0 saturated heterocycles. The number of alkyl halides is 3. The Morgan fingerprint density at radius 2 is 1.58 bits per heavy atom. The van der Waals surface area contributed by atoms with Crippen LogP contribution in [0.3, 0.4) is 0 Å². The van der Waals surface area contributed by atoms with Crippen LogP contribution in [0.4, 0.5) is 18.9 Å². The molecule has 0 amide bonds. The fraction of sp³-hybridized carbons (Fsp3) is 0.143. The molecule has 2 aromatic rings. The van der Waals surface area contributed by atoms with Crippen LogP contribution in [-0.2, 0) is 6.18 Å². The van der Waals surface area contributed by atoms with E-state index in [1.54, 1.807) is 31.3 Å². The van der Waals surface area contributed by atoms with Gasteiger partial charge in [-0.1, -0.05) is 12.1 Å². The number of para-hydroxylation sites is 1. The maximum atomic E-state index is 12.8. The van der Waals surface area contributed by atoms with E-state index in [9.17, 15) is 13.2 Å². The molecule has 0 aliphatic rings. The molecule has 0 spiro atoms. The molecule has 1 N–H and O–H groups in total. The summed E-state index contributed by atoms with van der Waals surface area (Å²) < 4.78 is 43.6. The molecule has 0 atom stereocenters. The molecule has 0 aromatic heterocycles. The second-order valence-electron chi connectivity index (χ2n) is 3.87. The van der Waals surface area contributed by atoms with E-state index in [1.165, 1.54) is 18.2 Å². The van der Waals surface area contributed by atoms with Gasteiger partial charge in [0.15, 0.2) is 0 Å². The third kappa shape index (κ3) is 3.19. The summed E-state index contributed by atoms with van der Waals surface area (Å²) in [6.07, 6.45) is -4.43. The van der Waals surface area contributed by atoms with E-state index in [0.717, 1.165) is 11.8 Å². The highest BCUT2D eigenvalue weighted by Crippen LogP contribution is 2.37. The lowest BCUT2D eigenvalue weighted by Crippen LogP contribution is -2.06. The van der Waals surface area contributed by atoms with E-state index < -0.39 is 11.7 Å². The van der Waals surface area contributed by atoms with Gasteiger partial charge in [0.2, 0.25) is 0 Å². The third-order valence-electron chi connectivity index (χ3n) is 2.56. The van der Waals surface area contributed by atoms with Gasteiger partial charge in [-0.15, -0.1) is 0 Å². The highest BCUT2D eigenvalue weighted by atomic mass is 19.4. The van der Waals surface area contributed by atoms with E-state index >= 15 is 0 Å². The Kier molecular flexibility index (Phi) is 3.64. The summed E-state index contributed by atoms with van der Waals surface area (Å²) in [6, 6.07) is 11.8. The molecule has 0 heterocycles. The quantitative estimate of drug-likeness (QED) is 0.881. The van der Waals surface area contributed by atoms with Gasteiger partial charge in [-0.25, -0.2) is 0 Å². The second kappa shape index (κ2) is 5.22. The Labute approximate surface area is 108 Å². The average Bonchev–Trinajstić information content (AvgIpc) is 2.39. The zero-order valence-electron chi connectivity index (χ0n) is 10.2. The lowest BCUT2D eigenvalue weighted by Gasteiger charge is -2.13. The normalized spacial score (nSPS) is 11.2. The molecule has 2 nitrogen and oxygen atoms in total. The summed E-state index contributed by atoms with van der Waals surface area (Å²) in [5.41, 5.74) is 0.0733. The van der Waals surface area contributed by atoms with Crippen LogP contribution in [0, 0.1) is 0 Å². The van der Waals surface area contributed by atoms with E-state index in [0.29, 0.717) is 5.75 Å². The van der Waals surface area contributed by atoms with E-state index in [2.05, 4.69) is 5.32 Å². The Bertz CT molecular complexity index is 549. The summed E-state index contributed by atoms with van der Waals surface area (Å²) in [6.45, 7) is 0. The van der Waals surface area contributed by atoms with Crippen molar-refractivity contribution in [2.75, 3.05) is 12.4 Å². The van der Waals surface area contributed by atoms with E-state index in [1.807, 2.05) is 0 Å². The number of halogens is 3. The Hall–Kier alpha value is -2.17. The maximum absolute atomic E-state index is 12.8. The van der Waals surface area contributed by atoms with Crippen LogP contribution in [-0.4, -0.2) is 7.05 Å². The van der Waals surface area contributed by atoms with Gasteiger partial charge in [0.05, 0.1) is 5.56 Å². The maximum Gasteiger partial charge on any atom is 0.419 e. The fourth-order valence-corrected chi connectivity index (χ4v) is 1.61. The van der Waals surface area contributed by atoms with Crippen LogP contribution >= 0.6 is 0 Å². The van der Waals surface area contributed by atoms with Crippen molar-refractivity contribution in [1.82, 2.24) is 0 Å². The lowest BCUT2D eigenvalue weighted by molar-refractivity contribution is -0.138. The largest absolute Gasteiger partial charge is 0.457 e. The number of hydrogen-bond donors (Lipinski definition) is 1. The van der Waals surface area contributed by atoms with Crippen LogP contribution < -0.4 is 10.1 Å². The van der Waals surface area contributed by atoms with Crippen molar-refractivity contribution in [2.24, 2.45) is 0 Å². The van der Waals surface area contributed by atoms with E-state index in [4.69, 9.17) is 4.74 Å². The second-order valence-corrected chi connectivity index (χ2v) is 3.87. The fourth-order valence-electron chi connectivity index (χ4n) is 1.61. The Morgan fingerprint density at radius 1 is 0.947 bits per heavy atom. The number of ether oxygens (including phenoxy) is 1. The summed E-state index contributed by atoms with van der Waals surface area (Å²) in [7, 11) is 1.76. The molecular formula is C14H12F3NO. The molecule has 2 rings (SSSR count). The molecule has 0 fully saturated rings. The van der Waals surface area contributed by atoms with Crippen LogP contribution in [0.1, 0.15) is 5.56 Å². The zero-order chi connectivity index (χ0) is 13.9. The van der Waals surface area contributed by atoms with Crippen LogP contribution in [0.15, 0.2) is 48.5 Å². The summed E-state index contributed by atoms with van der Waals surface area (Å²) >= 11 is 0. The highest BCUT2D eigenvalue weighted by Gasteiger charge is 2.34. The first kappa shape index (κ1) is 13.3. The molecule has 5 heteroatoms. The third-order valence-corrected chi connectivity index (χ3v) is 2.56. The monoisotopic (exact) mass is 267 g/mol. The molecule has 2 aromatic carbocycles. The predicted octanol–water partition coefficient (Wildman–Crippen LogP) is 4.54. The highest BCUT2D eigenvalue weighted by molar-refractivity contribution is 5.47. The van der Waals surface area contributed by atoms with Gasteiger partial charge < -0.3 is 10.1 Å². The number of anilines is 1. The van der Waals surface area contributed by atoms with Gasteiger partial charge in [0.25, 0.3) is 0 Å². The lowest BCUT2D eigenvalue weighted by atomic mass is 10.2. The number of hydrogen-bond acceptors (Lipinski definition) is 2. The molecule has 100 valence electrons. The van der Waals surface area contributed by atoms with Gasteiger partial charge >= 0.3 is 6.18 Å². The minimum absolute atomic E-state index is 0.202. The van der Waals surface area contributed by atoms with Crippen molar-refractivity contribution < 1.29 is 17.9 Å². The predicted molar refractivity (Wildman–Crippen MR) is 67.5 cm³/mol. The molecule has 19 heavy (non-hydrogen) atoms. The van der Waals surface area contributed by atoms with Crippen molar-refractivity contribution >= 4 is 5.69 Å². The first-order chi connectivity index (χ1) is 9.00. The van der Waals surface area contributed by atoms with Gasteiger partial charge in [0, 0.05) is 12.7 Å². The Morgan fingerprint density at radius 3 is 2.16 bits per heavy atom. The number of benzene rings is 2. The molecule has 0 saturated carbocycles. The summed E-state index contributed by atoms with van der Waals surface area (Å²) in [5, 5.41) is 2.92. The zero-order valence-corrected chi connectivity index (χ0v) is 10.2. The van der Waals surface area contributed by atoms with Crippen LogP contribution in [0.2, 0.25) is 0 Å². The van der Waals surface area contributed by atoms with Gasteiger partial charge in [0.1, 0.15) is 11.5 Å². The van der Waals surface area contributed by atoms with Gasteiger partial charge in [-0.05, 0) is 36.4 Å².